The van der Waals surface area contributed by atoms with Gasteiger partial charge < -0.3 is 46.5 Å². The Bertz CT molecular complexity index is 1830. The summed E-state index contributed by atoms with van der Waals surface area (Å²) in [6.45, 7) is 3.16. The number of phenolic OH excluding ortho intramolecular Hbond substituents is 2. The van der Waals surface area contributed by atoms with Crippen LogP contribution in [0.25, 0.3) is 0 Å². The Kier molecular flexibility index (Phi) is 17.3. The number of pyridine rings is 2. The fourth-order valence-electron chi connectivity index (χ4n) is 5.94. The lowest BCUT2D eigenvalue weighted by atomic mass is 9.89. The van der Waals surface area contributed by atoms with Gasteiger partial charge in [0.2, 0.25) is 0 Å². The van der Waals surface area contributed by atoms with Gasteiger partial charge in [0.15, 0.2) is 0 Å². The number of halogens is 4. The van der Waals surface area contributed by atoms with Crippen molar-refractivity contribution in [3.63, 3.8) is 0 Å². The van der Waals surface area contributed by atoms with Crippen LogP contribution in [0.3, 0.4) is 0 Å². The number of carbonyl (C=O) groups excluding carboxylic acids is 1. The minimum atomic E-state index is -1.34. The van der Waals surface area contributed by atoms with E-state index >= 15 is 0 Å². The SMILES string of the molecule is COc1cc(N)ncc1C1CCN(C(=O)c2ccc(O)cc2F)CC1.COc1cc(N)ncc1C1CCNCC1.Cl.Cl.O=C(O)c1ccc(O)cc1F. The number of aromatic carboxylic acids is 1. The molecular formula is C36H44Cl2F2N6O7. The summed E-state index contributed by atoms with van der Waals surface area (Å²) in [4.78, 5) is 32.6. The minimum Gasteiger partial charge on any atom is -0.508 e. The molecule has 2 aromatic heterocycles. The molecule has 0 bridgehead atoms. The predicted octanol–water partition coefficient (Wildman–Crippen LogP) is 5.75. The summed E-state index contributed by atoms with van der Waals surface area (Å²) in [5, 5.41) is 29.6. The van der Waals surface area contributed by atoms with Gasteiger partial charge >= 0.3 is 5.97 Å². The Morgan fingerprint density at radius 3 is 1.60 bits per heavy atom. The molecule has 2 fully saturated rings. The van der Waals surface area contributed by atoms with E-state index in [0.29, 0.717) is 36.4 Å². The van der Waals surface area contributed by atoms with Crippen LogP contribution in [-0.4, -0.2) is 82.5 Å². The minimum absolute atomic E-state index is 0. The highest BCUT2D eigenvalue weighted by Gasteiger charge is 2.28. The topological polar surface area (TPSA) is 206 Å². The highest BCUT2D eigenvalue weighted by atomic mass is 35.5. The number of aromatic hydroxyl groups is 2. The first-order valence-corrected chi connectivity index (χ1v) is 16.2. The van der Waals surface area contributed by atoms with Crippen LogP contribution in [0.15, 0.2) is 60.9 Å². The van der Waals surface area contributed by atoms with Crippen LogP contribution in [0, 0.1) is 11.6 Å². The Balaban J connectivity index is 0.000000297. The van der Waals surface area contributed by atoms with Gasteiger partial charge in [0.25, 0.3) is 5.91 Å². The van der Waals surface area contributed by atoms with E-state index in [0.717, 1.165) is 74.4 Å². The van der Waals surface area contributed by atoms with Crippen LogP contribution >= 0.6 is 24.8 Å². The fourth-order valence-corrected chi connectivity index (χ4v) is 5.94. The number of nitrogens with two attached hydrogens (primary N) is 2. The van der Waals surface area contributed by atoms with E-state index < -0.39 is 23.2 Å². The Labute approximate surface area is 318 Å². The number of nitrogen functional groups attached to an aromatic ring is 2. The third-order valence-corrected chi connectivity index (χ3v) is 8.64. The number of benzene rings is 2. The summed E-state index contributed by atoms with van der Waals surface area (Å²) < 4.78 is 37.2. The lowest BCUT2D eigenvalue weighted by molar-refractivity contribution is 0.0687. The van der Waals surface area contributed by atoms with Crippen molar-refractivity contribution in [2.24, 2.45) is 0 Å². The number of piperidine rings is 2. The Morgan fingerprint density at radius 1 is 0.755 bits per heavy atom. The summed E-state index contributed by atoms with van der Waals surface area (Å²) in [6.07, 6.45) is 7.31. The summed E-state index contributed by atoms with van der Waals surface area (Å²) >= 11 is 0. The maximum absolute atomic E-state index is 13.9. The molecule has 4 aromatic rings. The number of aromatic nitrogens is 2. The zero-order chi connectivity index (χ0) is 37.1. The van der Waals surface area contributed by atoms with Gasteiger partial charge in [-0.15, -0.1) is 24.8 Å². The van der Waals surface area contributed by atoms with Crippen molar-refractivity contribution < 1.29 is 43.2 Å². The molecule has 6 rings (SSSR count). The predicted molar refractivity (Wildman–Crippen MR) is 201 cm³/mol. The molecule has 2 saturated heterocycles. The number of carboxylic acid groups (broad SMARTS) is 1. The zero-order valence-electron chi connectivity index (χ0n) is 29.1. The Morgan fingerprint density at radius 2 is 1.19 bits per heavy atom. The van der Waals surface area contributed by atoms with Crippen molar-refractivity contribution in [1.29, 1.82) is 0 Å². The largest absolute Gasteiger partial charge is 0.508 e. The van der Waals surface area contributed by atoms with Crippen molar-refractivity contribution in [2.75, 3.05) is 51.9 Å². The standard InChI is InChI=1S/C18H20FN3O3.C11H17N3O.C7H5FO3.2ClH/c1-25-16-9-17(20)21-10-14(16)11-4-6-22(7-5-11)18(24)13-3-2-12(23)8-15(13)19;1-15-10-6-11(12)14-7-9(10)8-2-4-13-5-3-8;8-6-3-4(9)1-2-5(6)7(10)11;;/h2-3,8-11,23H,4-7H2,1H3,(H2,20,21);6-8,13H,2-5H2,1H3,(H2,12,14);1-3,9H,(H,10,11);2*1H. The normalized spacial score (nSPS) is 14.2. The van der Waals surface area contributed by atoms with Crippen LogP contribution in [0.4, 0.5) is 20.4 Å². The molecule has 53 heavy (non-hydrogen) atoms. The molecule has 0 atom stereocenters. The summed E-state index contributed by atoms with van der Waals surface area (Å²) in [5.41, 5.74) is 13.0. The first-order valence-electron chi connectivity index (χ1n) is 16.2. The molecule has 2 aromatic carbocycles. The van der Waals surface area contributed by atoms with Gasteiger partial charge in [0, 0.05) is 60.9 Å². The third kappa shape index (κ3) is 12.0. The van der Waals surface area contributed by atoms with Crippen LogP contribution in [0.1, 0.15) is 69.4 Å². The fraction of sp³-hybridized carbons (Fsp3) is 0.333. The van der Waals surface area contributed by atoms with Crippen molar-refractivity contribution in [2.45, 2.75) is 37.5 Å². The van der Waals surface area contributed by atoms with E-state index in [4.69, 9.17) is 31.2 Å². The second kappa shape index (κ2) is 20.8. The van der Waals surface area contributed by atoms with Gasteiger partial charge in [-0.3, -0.25) is 4.79 Å². The molecule has 13 nitrogen and oxygen atoms in total. The first kappa shape index (κ1) is 44.0. The number of likely N-dealkylation sites (tertiary alicyclic amines) is 1. The number of nitrogens with zero attached hydrogens (tertiary/aromatic N) is 3. The van der Waals surface area contributed by atoms with Gasteiger partial charge in [-0.1, -0.05) is 0 Å². The molecule has 4 heterocycles. The lowest BCUT2D eigenvalue weighted by Crippen LogP contribution is -2.38. The highest BCUT2D eigenvalue weighted by molar-refractivity contribution is 5.94. The second-order valence-electron chi connectivity index (χ2n) is 11.9. The highest BCUT2D eigenvalue weighted by Crippen LogP contribution is 2.35. The van der Waals surface area contributed by atoms with Crippen LogP contribution < -0.4 is 26.3 Å². The van der Waals surface area contributed by atoms with E-state index in [-0.39, 0.29) is 53.7 Å². The molecule has 1 amide bonds. The number of methoxy groups -OCH3 is 2. The molecule has 2 aliphatic heterocycles. The monoisotopic (exact) mass is 780 g/mol. The number of ether oxygens (including phenoxy) is 2. The van der Waals surface area contributed by atoms with Crippen LogP contribution in [0.5, 0.6) is 23.0 Å². The van der Waals surface area contributed by atoms with Crippen molar-refractivity contribution in [3.05, 3.63) is 94.8 Å². The van der Waals surface area contributed by atoms with Gasteiger partial charge in [-0.05, 0) is 74.9 Å². The quantitative estimate of drug-likeness (QED) is 0.138. The van der Waals surface area contributed by atoms with Crippen molar-refractivity contribution in [1.82, 2.24) is 20.2 Å². The Hall–Kier alpha value is -5.12. The van der Waals surface area contributed by atoms with Crippen LogP contribution in [-0.2, 0) is 0 Å². The van der Waals surface area contributed by atoms with E-state index in [9.17, 15) is 23.5 Å². The molecule has 0 unspecified atom stereocenters. The van der Waals surface area contributed by atoms with E-state index in [1.54, 1.807) is 37.4 Å². The number of rotatable bonds is 6. The summed E-state index contributed by atoms with van der Waals surface area (Å²) in [6, 6.07) is 9.95. The third-order valence-electron chi connectivity index (χ3n) is 8.64. The van der Waals surface area contributed by atoms with Crippen molar-refractivity contribution >= 4 is 48.3 Å². The maximum Gasteiger partial charge on any atom is 0.338 e. The molecule has 0 spiro atoms. The number of hydrogen-bond acceptors (Lipinski definition) is 11. The van der Waals surface area contributed by atoms with Gasteiger partial charge in [0.05, 0.1) is 25.3 Å². The van der Waals surface area contributed by atoms with Crippen LogP contribution in [0.2, 0.25) is 0 Å². The molecule has 0 saturated carbocycles. The van der Waals surface area contributed by atoms with Gasteiger partial charge in [-0.25, -0.2) is 23.5 Å². The molecule has 2 aliphatic rings. The number of nitrogens with one attached hydrogen (secondary N) is 1. The molecule has 17 heteroatoms. The molecule has 0 radical (unpaired) electrons. The molecule has 288 valence electrons. The van der Waals surface area contributed by atoms with Crippen molar-refractivity contribution in [3.8, 4) is 23.0 Å². The van der Waals surface area contributed by atoms with E-state index in [1.807, 2.05) is 6.20 Å². The summed E-state index contributed by atoms with van der Waals surface area (Å²) in [5.74, 6) is -0.596. The van der Waals surface area contributed by atoms with E-state index in [1.165, 1.54) is 17.7 Å². The van der Waals surface area contributed by atoms with Gasteiger partial charge in [-0.2, -0.15) is 0 Å². The molecule has 8 N–H and O–H groups in total. The maximum atomic E-state index is 13.9. The zero-order valence-corrected chi connectivity index (χ0v) is 30.8. The van der Waals surface area contributed by atoms with Gasteiger partial charge in [0.1, 0.15) is 46.3 Å². The van der Waals surface area contributed by atoms with E-state index in [2.05, 4.69) is 15.3 Å². The number of carboxylic acids is 1. The number of phenols is 2. The number of hydrogen-bond donors (Lipinski definition) is 6. The number of anilines is 2. The first-order chi connectivity index (χ1) is 24.4. The second-order valence-corrected chi connectivity index (χ2v) is 11.9. The average molecular weight is 782 g/mol. The molecular weight excluding hydrogens is 737 g/mol. The average Bonchev–Trinajstić information content (AvgIpc) is 3.12. The summed E-state index contributed by atoms with van der Waals surface area (Å²) in [7, 11) is 3.27. The number of amides is 1. The lowest BCUT2D eigenvalue weighted by Gasteiger charge is -2.32. The smallest absolute Gasteiger partial charge is 0.338 e. The molecule has 0 aliphatic carbocycles. The number of carbonyl (C=O) groups is 2.